The van der Waals surface area contributed by atoms with Gasteiger partial charge in [-0.2, -0.15) is 11.3 Å². The van der Waals surface area contributed by atoms with Crippen LogP contribution >= 0.6 is 22.7 Å². The van der Waals surface area contributed by atoms with Crippen molar-refractivity contribution in [3.63, 3.8) is 0 Å². The molecule has 140 valence electrons. The molecule has 0 bridgehead atoms. The molecule has 0 saturated carbocycles. The van der Waals surface area contributed by atoms with Crippen LogP contribution in [0.25, 0.3) is 20.8 Å². The molecule has 2 aromatic carbocycles. The van der Waals surface area contributed by atoms with Crippen molar-refractivity contribution in [3.05, 3.63) is 70.9 Å². The van der Waals surface area contributed by atoms with Crippen LogP contribution in [0.1, 0.15) is 16.8 Å². The molecule has 4 rings (SSSR count). The van der Waals surface area contributed by atoms with Gasteiger partial charge in [0.25, 0.3) is 5.91 Å². The van der Waals surface area contributed by atoms with Crippen molar-refractivity contribution >= 4 is 50.4 Å². The highest BCUT2D eigenvalue weighted by Crippen LogP contribution is 2.31. The number of carbonyl (C=O) groups excluding carboxylic acids is 2. The van der Waals surface area contributed by atoms with Gasteiger partial charge < -0.3 is 10.6 Å². The van der Waals surface area contributed by atoms with Gasteiger partial charge >= 0.3 is 0 Å². The number of rotatable bonds is 6. The van der Waals surface area contributed by atoms with E-state index in [-0.39, 0.29) is 24.8 Å². The second-order valence-electron chi connectivity index (χ2n) is 6.13. The van der Waals surface area contributed by atoms with Crippen molar-refractivity contribution in [2.45, 2.75) is 6.42 Å². The molecule has 0 spiro atoms. The summed E-state index contributed by atoms with van der Waals surface area (Å²) in [5, 5.41) is 10.2. The lowest BCUT2D eigenvalue weighted by Crippen LogP contribution is -2.27. The zero-order valence-electron chi connectivity index (χ0n) is 14.8. The SMILES string of the molecule is O=C(CCNC(=O)c1ccsc1)Nc1cccc(-c2nc3ccccc3s2)c1. The Morgan fingerprint density at radius 3 is 2.75 bits per heavy atom. The van der Waals surface area contributed by atoms with Crippen LogP contribution in [0.3, 0.4) is 0 Å². The molecular formula is C21H17N3O2S2. The number of amides is 2. The molecule has 28 heavy (non-hydrogen) atoms. The van der Waals surface area contributed by atoms with Crippen LogP contribution in [0, 0.1) is 0 Å². The monoisotopic (exact) mass is 407 g/mol. The number of carbonyl (C=O) groups is 2. The van der Waals surface area contributed by atoms with Gasteiger partial charge in [-0.25, -0.2) is 4.98 Å². The molecule has 2 N–H and O–H groups in total. The minimum Gasteiger partial charge on any atom is -0.351 e. The lowest BCUT2D eigenvalue weighted by atomic mass is 10.2. The van der Waals surface area contributed by atoms with E-state index in [0.717, 1.165) is 20.8 Å². The van der Waals surface area contributed by atoms with Crippen LogP contribution in [-0.2, 0) is 4.79 Å². The maximum absolute atomic E-state index is 12.2. The first-order valence-electron chi connectivity index (χ1n) is 8.75. The number of nitrogens with zero attached hydrogens (tertiary/aromatic N) is 1. The van der Waals surface area contributed by atoms with Gasteiger partial charge in [0.15, 0.2) is 0 Å². The lowest BCUT2D eigenvalue weighted by Gasteiger charge is -2.07. The van der Waals surface area contributed by atoms with Crippen LogP contribution in [-0.4, -0.2) is 23.3 Å². The summed E-state index contributed by atoms with van der Waals surface area (Å²) in [5.41, 5.74) is 3.27. The van der Waals surface area contributed by atoms with E-state index in [1.165, 1.54) is 11.3 Å². The van der Waals surface area contributed by atoms with Crippen molar-refractivity contribution in [2.24, 2.45) is 0 Å². The van der Waals surface area contributed by atoms with Gasteiger partial charge in [0.2, 0.25) is 5.91 Å². The Hall–Kier alpha value is -3.03. The van der Waals surface area contributed by atoms with Crippen molar-refractivity contribution in [2.75, 3.05) is 11.9 Å². The van der Waals surface area contributed by atoms with Gasteiger partial charge in [-0.3, -0.25) is 9.59 Å². The third-order valence-electron chi connectivity index (χ3n) is 4.11. The van der Waals surface area contributed by atoms with Crippen molar-refractivity contribution in [3.8, 4) is 10.6 Å². The van der Waals surface area contributed by atoms with E-state index in [0.29, 0.717) is 11.3 Å². The zero-order valence-corrected chi connectivity index (χ0v) is 16.5. The van der Waals surface area contributed by atoms with E-state index in [1.54, 1.807) is 22.8 Å². The second kappa shape index (κ2) is 8.33. The molecule has 0 fully saturated rings. The number of hydrogen-bond acceptors (Lipinski definition) is 5. The predicted octanol–water partition coefficient (Wildman–Crippen LogP) is 4.78. The molecule has 5 nitrogen and oxygen atoms in total. The van der Waals surface area contributed by atoms with Gasteiger partial charge in [-0.15, -0.1) is 11.3 Å². The number of aromatic nitrogens is 1. The first-order chi connectivity index (χ1) is 13.7. The van der Waals surface area contributed by atoms with Crippen LogP contribution in [0.2, 0.25) is 0 Å². The molecule has 0 atom stereocenters. The zero-order chi connectivity index (χ0) is 19.3. The van der Waals surface area contributed by atoms with Gasteiger partial charge in [-0.05, 0) is 35.7 Å². The topological polar surface area (TPSA) is 71.1 Å². The third-order valence-corrected chi connectivity index (χ3v) is 5.88. The largest absolute Gasteiger partial charge is 0.351 e. The number of benzene rings is 2. The number of anilines is 1. The van der Waals surface area contributed by atoms with Crippen LogP contribution in [0.5, 0.6) is 0 Å². The molecule has 2 heterocycles. The van der Waals surface area contributed by atoms with Gasteiger partial charge in [0.1, 0.15) is 5.01 Å². The average Bonchev–Trinajstić information content (AvgIpc) is 3.38. The van der Waals surface area contributed by atoms with Crippen molar-refractivity contribution in [1.29, 1.82) is 0 Å². The fourth-order valence-corrected chi connectivity index (χ4v) is 4.33. The number of nitrogens with one attached hydrogen (secondary N) is 2. The standard InChI is InChI=1S/C21H17N3O2S2/c25-19(8-10-22-20(26)15-9-11-27-13-15)23-16-5-3-4-14(12-16)21-24-17-6-1-2-7-18(17)28-21/h1-7,9,11-13H,8,10H2,(H,22,26)(H,23,25). The third kappa shape index (κ3) is 4.27. The highest BCUT2D eigenvalue weighted by Gasteiger charge is 2.09. The fraction of sp³-hybridized carbons (Fsp3) is 0.0952. The summed E-state index contributed by atoms with van der Waals surface area (Å²) in [6.45, 7) is 0.290. The van der Waals surface area contributed by atoms with E-state index in [4.69, 9.17) is 0 Å². The van der Waals surface area contributed by atoms with E-state index >= 15 is 0 Å². The molecule has 7 heteroatoms. The molecule has 0 aliphatic heterocycles. The quantitative estimate of drug-likeness (QED) is 0.483. The minimum atomic E-state index is -0.160. The fourth-order valence-electron chi connectivity index (χ4n) is 2.73. The number of thiophene rings is 1. The molecule has 4 aromatic rings. The van der Waals surface area contributed by atoms with E-state index < -0.39 is 0 Å². The molecule has 0 saturated heterocycles. The first kappa shape index (κ1) is 18.3. The number of thiazole rings is 1. The molecule has 0 aliphatic rings. The maximum Gasteiger partial charge on any atom is 0.252 e. The number of hydrogen-bond donors (Lipinski definition) is 2. The van der Waals surface area contributed by atoms with Gasteiger partial charge in [0, 0.05) is 35.2 Å². The molecule has 0 radical (unpaired) electrons. The maximum atomic E-state index is 12.2. The minimum absolute atomic E-state index is 0.146. The van der Waals surface area contributed by atoms with Crippen molar-refractivity contribution < 1.29 is 9.59 Å². The Morgan fingerprint density at radius 1 is 1.04 bits per heavy atom. The highest BCUT2D eigenvalue weighted by molar-refractivity contribution is 7.21. The van der Waals surface area contributed by atoms with Crippen LogP contribution in [0.15, 0.2) is 65.4 Å². The van der Waals surface area contributed by atoms with Gasteiger partial charge in [0.05, 0.1) is 10.2 Å². The first-order valence-corrected chi connectivity index (χ1v) is 10.5. The normalized spacial score (nSPS) is 10.7. The summed E-state index contributed by atoms with van der Waals surface area (Å²) in [6, 6.07) is 17.4. The highest BCUT2D eigenvalue weighted by atomic mass is 32.1. The van der Waals surface area contributed by atoms with Gasteiger partial charge in [-0.1, -0.05) is 24.3 Å². The summed E-state index contributed by atoms with van der Waals surface area (Å²) < 4.78 is 1.13. The van der Waals surface area contributed by atoms with E-state index in [9.17, 15) is 9.59 Å². The molecule has 0 unspecified atom stereocenters. The Labute approximate surface area is 170 Å². The smallest absolute Gasteiger partial charge is 0.252 e. The van der Waals surface area contributed by atoms with Crippen LogP contribution < -0.4 is 10.6 Å². The predicted molar refractivity (Wildman–Crippen MR) is 115 cm³/mol. The Morgan fingerprint density at radius 2 is 1.93 bits per heavy atom. The summed E-state index contributed by atoms with van der Waals surface area (Å²) in [4.78, 5) is 28.7. The second-order valence-corrected chi connectivity index (χ2v) is 7.94. The lowest BCUT2D eigenvalue weighted by molar-refractivity contribution is -0.116. The Balaban J connectivity index is 1.36. The Bertz CT molecular complexity index is 1090. The van der Waals surface area contributed by atoms with Crippen molar-refractivity contribution in [1.82, 2.24) is 10.3 Å². The summed E-state index contributed by atoms with van der Waals surface area (Å²) >= 11 is 3.09. The summed E-state index contributed by atoms with van der Waals surface area (Å²) in [7, 11) is 0. The molecule has 0 aliphatic carbocycles. The Kier molecular flexibility index (Phi) is 5.45. The summed E-state index contributed by atoms with van der Waals surface area (Å²) in [6.07, 6.45) is 0.210. The summed E-state index contributed by atoms with van der Waals surface area (Å²) in [5.74, 6) is -0.307. The molecular weight excluding hydrogens is 390 g/mol. The molecule has 2 amide bonds. The van der Waals surface area contributed by atoms with Crippen LogP contribution in [0.4, 0.5) is 5.69 Å². The average molecular weight is 408 g/mol. The van der Waals surface area contributed by atoms with E-state index in [1.807, 2.05) is 53.9 Å². The number of para-hydroxylation sites is 1. The molecule has 2 aromatic heterocycles. The van der Waals surface area contributed by atoms with E-state index in [2.05, 4.69) is 15.6 Å². The number of fused-ring (bicyclic) bond motifs is 1.